The number of nitrogens with zero attached hydrogens (tertiary/aromatic N) is 7. The van der Waals surface area contributed by atoms with E-state index in [9.17, 15) is 20.0 Å². The lowest BCUT2D eigenvalue weighted by Gasteiger charge is -2.34. The fourth-order valence-corrected chi connectivity index (χ4v) is 6.80. The molecule has 0 unspecified atom stereocenters. The second kappa shape index (κ2) is 11.9. The van der Waals surface area contributed by atoms with Crippen LogP contribution in [0.3, 0.4) is 0 Å². The monoisotopic (exact) mass is 637 g/mol. The maximum absolute atomic E-state index is 14.0. The van der Waals surface area contributed by atoms with E-state index in [0.717, 1.165) is 28.9 Å². The van der Waals surface area contributed by atoms with Crippen LogP contribution in [0.25, 0.3) is 32.2 Å². The second-order valence-electron chi connectivity index (χ2n) is 11.0. The van der Waals surface area contributed by atoms with Crippen molar-refractivity contribution in [2.75, 3.05) is 38.1 Å². The molecule has 1 saturated heterocycles. The number of rotatable bonds is 4. The highest BCUT2D eigenvalue weighted by atomic mass is 35.5. The molecule has 12 heteroatoms. The molecule has 0 aliphatic carbocycles. The number of likely N-dealkylation sites (N-methyl/N-ethyl adjacent to an activating group) is 1. The van der Waals surface area contributed by atoms with Crippen LogP contribution in [0.15, 0.2) is 34.4 Å². The molecule has 0 radical (unpaired) electrons. The van der Waals surface area contributed by atoms with Crippen molar-refractivity contribution in [3.8, 4) is 29.0 Å². The molecular weight excluding hydrogens is 610 g/mol. The molecule has 0 spiro atoms. The van der Waals surface area contributed by atoms with Gasteiger partial charge < -0.3 is 14.9 Å². The molecule has 1 aliphatic heterocycles. The Hall–Kier alpha value is -4.81. The van der Waals surface area contributed by atoms with E-state index in [2.05, 4.69) is 44.7 Å². The van der Waals surface area contributed by atoms with Crippen molar-refractivity contribution in [3.05, 3.63) is 78.9 Å². The first-order valence-electron chi connectivity index (χ1n) is 14.2. The summed E-state index contributed by atoms with van der Waals surface area (Å²) in [6, 6.07) is 9.47. The first-order valence-corrected chi connectivity index (χ1v) is 15.5. The number of halogens is 1. The molecule has 6 rings (SSSR count). The van der Waals surface area contributed by atoms with Gasteiger partial charge in [0.25, 0.3) is 5.56 Å². The third-order valence-electron chi connectivity index (χ3n) is 7.98. The molecule has 1 fully saturated rings. The summed E-state index contributed by atoms with van der Waals surface area (Å²) in [5.74, 6) is 6.25. The normalized spacial score (nSPS) is 13.6. The van der Waals surface area contributed by atoms with Crippen molar-refractivity contribution in [1.29, 1.82) is 5.26 Å². The zero-order chi connectivity index (χ0) is 32.0. The molecule has 1 N–H and O–H groups in total. The molecular formula is C33H28ClN7O3S. The van der Waals surface area contributed by atoms with Crippen LogP contribution in [-0.4, -0.2) is 68.7 Å². The lowest BCUT2D eigenvalue weighted by atomic mass is 9.99. The number of piperazine rings is 1. The van der Waals surface area contributed by atoms with Gasteiger partial charge in [-0.2, -0.15) is 5.26 Å². The predicted molar refractivity (Wildman–Crippen MR) is 176 cm³/mol. The number of pyridine rings is 2. The van der Waals surface area contributed by atoms with Gasteiger partial charge >= 0.3 is 5.97 Å². The van der Waals surface area contributed by atoms with E-state index in [1.807, 2.05) is 19.9 Å². The van der Waals surface area contributed by atoms with E-state index in [1.54, 1.807) is 30.5 Å². The summed E-state index contributed by atoms with van der Waals surface area (Å²) in [5.41, 5.74) is 4.30. The van der Waals surface area contributed by atoms with Crippen LogP contribution in [0.2, 0.25) is 5.02 Å². The number of hydrogen-bond donors (Lipinski definition) is 1. The van der Waals surface area contributed by atoms with Crippen molar-refractivity contribution in [1.82, 2.24) is 24.4 Å². The molecule has 45 heavy (non-hydrogen) atoms. The third-order valence-corrected chi connectivity index (χ3v) is 9.22. The van der Waals surface area contributed by atoms with Crippen molar-refractivity contribution in [2.24, 2.45) is 0 Å². The van der Waals surface area contributed by atoms with Gasteiger partial charge in [-0.15, -0.1) is 11.3 Å². The van der Waals surface area contributed by atoms with Crippen LogP contribution < -0.4 is 10.5 Å². The van der Waals surface area contributed by atoms with Crippen LogP contribution in [0.4, 0.5) is 5.82 Å². The predicted octanol–water partition coefficient (Wildman–Crippen LogP) is 5.02. The molecule has 4 aromatic heterocycles. The number of nitriles is 1. The minimum absolute atomic E-state index is 0.0404. The van der Waals surface area contributed by atoms with Gasteiger partial charge in [-0.25, -0.2) is 14.8 Å². The summed E-state index contributed by atoms with van der Waals surface area (Å²) >= 11 is 7.72. The Kier molecular flexibility index (Phi) is 8.02. The summed E-state index contributed by atoms with van der Waals surface area (Å²) in [7, 11) is 2.05. The van der Waals surface area contributed by atoms with Gasteiger partial charge in [0.15, 0.2) is 0 Å². The fraction of sp³-hybridized carbons (Fsp3) is 0.273. The van der Waals surface area contributed by atoms with E-state index < -0.39 is 5.97 Å². The van der Waals surface area contributed by atoms with E-state index in [-0.39, 0.29) is 28.6 Å². The smallest absolute Gasteiger partial charge is 0.338 e. The molecule has 226 valence electrons. The Morgan fingerprint density at radius 1 is 1.07 bits per heavy atom. The highest BCUT2D eigenvalue weighted by molar-refractivity contribution is 7.18. The number of carbonyl (C=O) groups is 1. The summed E-state index contributed by atoms with van der Waals surface area (Å²) in [4.78, 5) is 43.9. The number of aryl methyl sites for hydroxylation is 3. The van der Waals surface area contributed by atoms with Gasteiger partial charge in [-0.1, -0.05) is 23.4 Å². The summed E-state index contributed by atoms with van der Waals surface area (Å²) < 4.78 is 2.20. The van der Waals surface area contributed by atoms with Gasteiger partial charge in [-0.05, 0) is 52.1 Å². The van der Waals surface area contributed by atoms with Gasteiger partial charge in [0.2, 0.25) is 0 Å². The fourth-order valence-electron chi connectivity index (χ4n) is 5.62. The molecule has 5 heterocycles. The third kappa shape index (κ3) is 5.51. The van der Waals surface area contributed by atoms with Crippen molar-refractivity contribution < 1.29 is 9.90 Å². The quantitative estimate of drug-likeness (QED) is 0.270. The average molecular weight is 638 g/mol. The second-order valence-corrected chi connectivity index (χ2v) is 12.3. The Morgan fingerprint density at radius 2 is 1.82 bits per heavy atom. The summed E-state index contributed by atoms with van der Waals surface area (Å²) in [6.07, 6.45) is 0. The van der Waals surface area contributed by atoms with E-state index in [0.29, 0.717) is 57.7 Å². The lowest BCUT2D eigenvalue weighted by Crippen LogP contribution is -2.45. The topological polar surface area (TPSA) is 128 Å². The number of thiophene rings is 1. The molecule has 0 atom stereocenters. The molecule has 1 aliphatic rings. The van der Waals surface area contributed by atoms with E-state index in [1.165, 1.54) is 15.9 Å². The minimum atomic E-state index is -1.04. The number of hydrogen-bond acceptors (Lipinski definition) is 9. The number of carboxylic acids is 1. The average Bonchev–Trinajstić information content (AvgIpc) is 3.44. The highest BCUT2D eigenvalue weighted by Gasteiger charge is 2.24. The number of aromatic nitrogens is 4. The van der Waals surface area contributed by atoms with Crippen molar-refractivity contribution >= 4 is 55.8 Å². The molecule has 0 bridgehead atoms. The Balaban J connectivity index is 1.43. The maximum atomic E-state index is 14.0. The minimum Gasteiger partial charge on any atom is -0.478 e. The molecule has 0 saturated carbocycles. The Labute approximate surface area is 268 Å². The zero-order valence-corrected chi connectivity index (χ0v) is 26.7. The molecule has 10 nitrogen and oxygen atoms in total. The SMILES string of the molecule is Cc1cc(-c2cc(Cl)ccc2C#CCn2c(C)nc3c(C)nc(N4CCN(C)CC4)c(C#N)c3c2=O)c2scc(C(=O)O)c2n1. The first-order chi connectivity index (χ1) is 21.6. The largest absolute Gasteiger partial charge is 0.478 e. The van der Waals surface area contributed by atoms with Crippen LogP contribution >= 0.6 is 22.9 Å². The lowest BCUT2D eigenvalue weighted by molar-refractivity contribution is 0.0699. The molecule has 5 aromatic rings. The zero-order valence-electron chi connectivity index (χ0n) is 25.1. The van der Waals surface area contributed by atoms with Gasteiger partial charge in [0.05, 0.1) is 33.4 Å². The molecule has 1 aromatic carbocycles. The standard InChI is InChI=1S/C33H28ClN7O3S/c1-18-14-24(30-29(36-18)26(17-45-30)33(43)44)23-15-22(34)8-7-21(23)6-5-9-41-20(3)38-28-19(2)37-31(25(16-35)27(28)32(41)42)40-12-10-39(4)11-13-40/h7-8,14-15,17H,9-13H2,1-4H3,(H,43,44). The number of aromatic carboxylic acids is 1. The van der Waals surface area contributed by atoms with Gasteiger partial charge in [-0.3, -0.25) is 14.3 Å². The Bertz CT molecular complexity index is 2200. The molecule has 0 amide bonds. The van der Waals surface area contributed by atoms with Crippen LogP contribution in [0.1, 0.15) is 38.7 Å². The number of anilines is 1. The maximum Gasteiger partial charge on any atom is 0.338 e. The van der Waals surface area contributed by atoms with E-state index >= 15 is 0 Å². The van der Waals surface area contributed by atoms with Crippen LogP contribution in [0.5, 0.6) is 0 Å². The Morgan fingerprint density at radius 3 is 2.53 bits per heavy atom. The van der Waals surface area contributed by atoms with Crippen molar-refractivity contribution in [2.45, 2.75) is 27.3 Å². The summed E-state index contributed by atoms with van der Waals surface area (Å²) in [5, 5.41) is 22.2. The number of benzene rings is 1. The van der Waals surface area contributed by atoms with Crippen LogP contribution in [0, 0.1) is 43.9 Å². The number of fused-ring (bicyclic) bond motifs is 2. The highest BCUT2D eigenvalue weighted by Crippen LogP contribution is 2.37. The van der Waals surface area contributed by atoms with Gasteiger partial charge in [0, 0.05) is 59.0 Å². The van der Waals surface area contributed by atoms with Crippen LogP contribution in [-0.2, 0) is 6.54 Å². The van der Waals surface area contributed by atoms with E-state index in [4.69, 9.17) is 16.6 Å². The summed E-state index contributed by atoms with van der Waals surface area (Å²) in [6.45, 7) is 8.48. The van der Waals surface area contributed by atoms with Gasteiger partial charge in [0.1, 0.15) is 28.8 Å². The number of carboxylic acid groups (broad SMARTS) is 1. The van der Waals surface area contributed by atoms with Crippen molar-refractivity contribution in [3.63, 3.8) is 0 Å². The first kappa shape index (κ1) is 30.2.